The van der Waals surface area contributed by atoms with Crippen LogP contribution in [-0.2, 0) is 4.74 Å². The molecule has 0 aliphatic heterocycles. The van der Waals surface area contributed by atoms with E-state index in [9.17, 15) is 4.79 Å². The van der Waals surface area contributed by atoms with Crippen LogP contribution in [0.5, 0.6) is 5.75 Å². The zero-order valence-electron chi connectivity index (χ0n) is 7.90. The van der Waals surface area contributed by atoms with Crippen molar-refractivity contribution in [2.75, 3.05) is 19.5 Å². The maximum absolute atomic E-state index is 11.3. The Morgan fingerprint density at radius 2 is 2.00 bits per heavy atom. The Labute approximate surface area is 88.4 Å². The maximum atomic E-state index is 11.3. The molecule has 0 aromatic heterocycles. The number of benzene rings is 1. The molecule has 0 radical (unpaired) electrons. The Balaban J connectivity index is 2.62. The lowest BCUT2D eigenvalue weighted by molar-refractivity contribution is 0.0530. The Hall–Kier alpha value is -1.16. The van der Waals surface area contributed by atoms with Crippen LogP contribution in [-0.4, -0.2) is 25.4 Å². The number of esters is 1. The van der Waals surface area contributed by atoms with E-state index in [1.165, 1.54) is 0 Å². The summed E-state index contributed by atoms with van der Waals surface area (Å²) < 4.78 is 9.86. The monoisotopic (exact) mass is 212 g/mol. The number of hydrogen-bond donors (Lipinski definition) is 1. The summed E-state index contributed by atoms with van der Waals surface area (Å²) in [4.78, 5) is 11.3. The minimum atomic E-state index is -0.332. The van der Waals surface area contributed by atoms with E-state index in [1.807, 2.05) is 0 Å². The van der Waals surface area contributed by atoms with Crippen LogP contribution in [0.4, 0.5) is 0 Å². The van der Waals surface area contributed by atoms with Gasteiger partial charge in [-0.1, -0.05) is 0 Å². The van der Waals surface area contributed by atoms with Gasteiger partial charge in [0.25, 0.3) is 0 Å². The van der Waals surface area contributed by atoms with Gasteiger partial charge < -0.3 is 9.47 Å². The lowest BCUT2D eigenvalue weighted by Crippen LogP contribution is -2.06. The number of rotatable bonds is 4. The van der Waals surface area contributed by atoms with Crippen LogP contribution in [0.15, 0.2) is 24.3 Å². The van der Waals surface area contributed by atoms with Crippen molar-refractivity contribution in [2.24, 2.45) is 0 Å². The molecule has 1 aromatic rings. The molecule has 0 aliphatic rings. The van der Waals surface area contributed by atoms with Gasteiger partial charge in [0.1, 0.15) is 12.4 Å². The summed E-state index contributed by atoms with van der Waals surface area (Å²) in [6.45, 7) is 0.327. The van der Waals surface area contributed by atoms with Crippen molar-refractivity contribution in [3.05, 3.63) is 29.8 Å². The van der Waals surface area contributed by atoms with Crippen molar-refractivity contribution >= 4 is 18.6 Å². The van der Waals surface area contributed by atoms with E-state index in [0.717, 1.165) is 5.75 Å². The molecular weight excluding hydrogens is 200 g/mol. The van der Waals surface area contributed by atoms with Crippen molar-refractivity contribution < 1.29 is 14.3 Å². The number of carbonyl (C=O) groups excluding carboxylic acids is 1. The fourth-order valence-corrected chi connectivity index (χ4v) is 1.04. The van der Waals surface area contributed by atoms with Gasteiger partial charge in [0.05, 0.1) is 12.7 Å². The van der Waals surface area contributed by atoms with Crippen LogP contribution >= 0.6 is 12.6 Å². The molecule has 1 rings (SSSR count). The first-order valence-electron chi connectivity index (χ1n) is 4.20. The number of carbonyl (C=O) groups is 1. The van der Waals surface area contributed by atoms with E-state index >= 15 is 0 Å². The smallest absolute Gasteiger partial charge is 0.338 e. The Morgan fingerprint density at radius 1 is 1.36 bits per heavy atom. The number of methoxy groups -OCH3 is 1. The van der Waals surface area contributed by atoms with Gasteiger partial charge in [-0.15, -0.1) is 0 Å². The highest BCUT2D eigenvalue weighted by Gasteiger charge is 2.05. The molecule has 0 aliphatic carbocycles. The molecule has 0 spiro atoms. The van der Waals surface area contributed by atoms with E-state index in [2.05, 4.69) is 12.6 Å². The first-order valence-corrected chi connectivity index (χ1v) is 4.83. The van der Waals surface area contributed by atoms with Crippen molar-refractivity contribution in [1.82, 2.24) is 0 Å². The molecule has 0 N–H and O–H groups in total. The second kappa shape index (κ2) is 5.54. The standard InChI is InChI=1S/C10H12O3S/c1-12-9-4-2-8(3-5-9)10(11)13-6-7-14/h2-5,14H,6-7H2,1H3. The third-order valence-electron chi connectivity index (χ3n) is 1.65. The topological polar surface area (TPSA) is 35.5 Å². The van der Waals surface area contributed by atoms with Gasteiger partial charge in [0, 0.05) is 5.75 Å². The van der Waals surface area contributed by atoms with Crippen molar-refractivity contribution in [3.63, 3.8) is 0 Å². The molecule has 0 bridgehead atoms. The fraction of sp³-hybridized carbons (Fsp3) is 0.300. The summed E-state index contributed by atoms with van der Waals surface area (Å²) in [5, 5.41) is 0. The summed E-state index contributed by atoms with van der Waals surface area (Å²) in [6.07, 6.45) is 0. The predicted molar refractivity (Wildman–Crippen MR) is 57.1 cm³/mol. The molecule has 4 heteroatoms. The molecule has 0 amide bonds. The maximum Gasteiger partial charge on any atom is 0.338 e. The Bertz CT molecular complexity index is 295. The molecule has 0 unspecified atom stereocenters. The summed E-state index contributed by atoms with van der Waals surface area (Å²) >= 11 is 3.94. The highest BCUT2D eigenvalue weighted by Crippen LogP contribution is 2.11. The molecule has 76 valence electrons. The quantitative estimate of drug-likeness (QED) is 0.610. The zero-order chi connectivity index (χ0) is 10.4. The molecule has 14 heavy (non-hydrogen) atoms. The summed E-state index contributed by atoms with van der Waals surface area (Å²) in [7, 11) is 1.58. The number of ether oxygens (including phenoxy) is 2. The van der Waals surface area contributed by atoms with Crippen LogP contribution in [0.25, 0.3) is 0 Å². The Morgan fingerprint density at radius 3 is 2.50 bits per heavy atom. The molecule has 0 saturated carbocycles. The largest absolute Gasteiger partial charge is 0.497 e. The van der Waals surface area contributed by atoms with E-state index in [-0.39, 0.29) is 5.97 Å². The van der Waals surface area contributed by atoms with E-state index in [1.54, 1.807) is 31.4 Å². The van der Waals surface area contributed by atoms with E-state index in [4.69, 9.17) is 9.47 Å². The van der Waals surface area contributed by atoms with Crippen LogP contribution in [0.1, 0.15) is 10.4 Å². The highest BCUT2D eigenvalue weighted by atomic mass is 32.1. The first-order chi connectivity index (χ1) is 6.77. The van der Waals surface area contributed by atoms with E-state index < -0.39 is 0 Å². The molecule has 0 heterocycles. The average molecular weight is 212 g/mol. The van der Waals surface area contributed by atoms with Crippen LogP contribution in [0, 0.1) is 0 Å². The van der Waals surface area contributed by atoms with Gasteiger partial charge in [0.2, 0.25) is 0 Å². The summed E-state index contributed by atoms with van der Waals surface area (Å²) in [5.74, 6) is 0.916. The second-order valence-electron chi connectivity index (χ2n) is 2.59. The van der Waals surface area contributed by atoms with Crippen LogP contribution < -0.4 is 4.74 Å². The van der Waals surface area contributed by atoms with Crippen molar-refractivity contribution in [2.45, 2.75) is 0 Å². The van der Waals surface area contributed by atoms with Gasteiger partial charge in [-0.25, -0.2) is 4.79 Å². The SMILES string of the molecule is COc1ccc(C(=O)OCCS)cc1. The fourth-order valence-electron chi connectivity index (χ4n) is 0.949. The third kappa shape index (κ3) is 2.96. The second-order valence-corrected chi connectivity index (χ2v) is 3.04. The van der Waals surface area contributed by atoms with Gasteiger partial charge in [0.15, 0.2) is 0 Å². The minimum absolute atomic E-state index is 0.327. The van der Waals surface area contributed by atoms with Gasteiger partial charge >= 0.3 is 5.97 Å². The summed E-state index contributed by atoms with van der Waals surface area (Å²) in [6, 6.07) is 6.77. The molecule has 0 atom stereocenters. The van der Waals surface area contributed by atoms with E-state index in [0.29, 0.717) is 17.9 Å². The molecule has 0 fully saturated rings. The number of hydrogen-bond acceptors (Lipinski definition) is 4. The average Bonchev–Trinajstić information content (AvgIpc) is 2.26. The normalized spacial score (nSPS) is 9.57. The van der Waals surface area contributed by atoms with Crippen molar-refractivity contribution in [1.29, 1.82) is 0 Å². The Kier molecular flexibility index (Phi) is 4.32. The van der Waals surface area contributed by atoms with Gasteiger partial charge in [-0.05, 0) is 24.3 Å². The highest BCUT2D eigenvalue weighted by molar-refractivity contribution is 7.80. The van der Waals surface area contributed by atoms with Crippen molar-refractivity contribution in [3.8, 4) is 5.75 Å². The first kappa shape index (κ1) is 10.9. The van der Waals surface area contributed by atoms with Crippen LogP contribution in [0.2, 0.25) is 0 Å². The minimum Gasteiger partial charge on any atom is -0.497 e. The van der Waals surface area contributed by atoms with Gasteiger partial charge in [-0.3, -0.25) is 0 Å². The molecular formula is C10H12O3S. The molecule has 3 nitrogen and oxygen atoms in total. The predicted octanol–water partition coefficient (Wildman–Crippen LogP) is 1.78. The molecule has 0 saturated heterocycles. The third-order valence-corrected chi connectivity index (χ3v) is 1.83. The van der Waals surface area contributed by atoms with Gasteiger partial charge in [-0.2, -0.15) is 12.6 Å². The number of thiol groups is 1. The molecule has 1 aromatic carbocycles. The summed E-state index contributed by atoms with van der Waals surface area (Å²) in [5.41, 5.74) is 0.521. The lowest BCUT2D eigenvalue weighted by atomic mass is 10.2. The lowest BCUT2D eigenvalue weighted by Gasteiger charge is -2.03. The zero-order valence-corrected chi connectivity index (χ0v) is 8.79. The van der Waals surface area contributed by atoms with Crippen LogP contribution in [0.3, 0.4) is 0 Å².